The lowest BCUT2D eigenvalue weighted by Gasteiger charge is -2.14. The van der Waals surface area contributed by atoms with E-state index < -0.39 is 4.32 Å². The minimum Gasteiger partial charge on any atom is -0.491 e. The zero-order valence-corrected chi connectivity index (χ0v) is 15.8. The number of esters is 1. The highest BCUT2D eigenvalue weighted by atomic mass is 79.9. The van der Waals surface area contributed by atoms with E-state index in [-0.39, 0.29) is 12.6 Å². The van der Waals surface area contributed by atoms with Crippen LogP contribution in [-0.2, 0) is 19.0 Å². The number of halogens is 1. The van der Waals surface area contributed by atoms with E-state index in [1.807, 2.05) is 24.3 Å². The van der Waals surface area contributed by atoms with Gasteiger partial charge in [0.05, 0.1) is 26.4 Å². The second-order valence-corrected chi connectivity index (χ2v) is 7.44. The van der Waals surface area contributed by atoms with Crippen LogP contribution < -0.4 is 4.74 Å². The van der Waals surface area contributed by atoms with E-state index in [9.17, 15) is 4.79 Å². The second kappa shape index (κ2) is 11.2. The van der Waals surface area contributed by atoms with E-state index in [0.717, 1.165) is 11.3 Å². The lowest BCUT2D eigenvalue weighted by atomic mass is 10.2. The van der Waals surface area contributed by atoms with Crippen molar-refractivity contribution in [3.05, 3.63) is 36.4 Å². The van der Waals surface area contributed by atoms with Gasteiger partial charge in [0.25, 0.3) is 0 Å². The number of alkyl halides is 1. The minimum atomic E-state index is -0.665. The fourth-order valence-electron chi connectivity index (χ4n) is 1.61. The van der Waals surface area contributed by atoms with Crippen LogP contribution in [0, 0.1) is 0 Å². The summed E-state index contributed by atoms with van der Waals surface area (Å²) >= 11 is 3.23. The monoisotopic (exact) mass is 400 g/mol. The molecule has 0 atom stereocenters. The van der Waals surface area contributed by atoms with Gasteiger partial charge in [-0.25, -0.2) is 0 Å². The van der Waals surface area contributed by atoms with Crippen LogP contribution in [0.25, 0.3) is 6.08 Å². The molecule has 0 fully saturated rings. The van der Waals surface area contributed by atoms with Gasteiger partial charge in [-0.15, -0.1) is 0 Å². The molecule has 1 aromatic rings. The molecule has 0 heterocycles. The summed E-state index contributed by atoms with van der Waals surface area (Å²) in [6.07, 6.45) is 1.79. The Balaban J connectivity index is 1.93. The normalized spacial score (nSPS) is 11.1. The summed E-state index contributed by atoms with van der Waals surface area (Å²) in [7, 11) is 0. The number of hydrogen-bond donors (Lipinski definition) is 0. The molecule has 0 radical (unpaired) electrons. The Hall–Kier alpha value is -1.37. The smallest absolute Gasteiger partial charge is 0.322 e. The molecule has 0 unspecified atom stereocenters. The van der Waals surface area contributed by atoms with Crippen LogP contribution >= 0.6 is 15.9 Å². The van der Waals surface area contributed by atoms with Gasteiger partial charge in [0, 0.05) is 0 Å². The van der Waals surface area contributed by atoms with Crippen LogP contribution in [0.2, 0.25) is 0 Å². The first-order valence-electron chi connectivity index (χ1n) is 7.80. The van der Waals surface area contributed by atoms with Crippen molar-refractivity contribution in [1.29, 1.82) is 0 Å². The Morgan fingerprint density at radius 3 is 2.12 bits per heavy atom. The van der Waals surface area contributed by atoms with E-state index in [4.69, 9.17) is 18.9 Å². The molecule has 6 heteroatoms. The van der Waals surface area contributed by atoms with Crippen molar-refractivity contribution in [2.75, 3.05) is 39.6 Å². The van der Waals surface area contributed by atoms with E-state index >= 15 is 0 Å². The summed E-state index contributed by atoms with van der Waals surface area (Å²) in [4.78, 5) is 11.5. The molecule has 5 nitrogen and oxygen atoms in total. The van der Waals surface area contributed by atoms with Gasteiger partial charge >= 0.3 is 5.97 Å². The largest absolute Gasteiger partial charge is 0.491 e. The molecule has 0 aliphatic rings. The van der Waals surface area contributed by atoms with Crippen LogP contribution in [0.3, 0.4) is 0 Å². The van der Waals surface area contributed by atoms with Gasteiger partial charge in [0.15, 0.2) is 0 Å². The van der Waals surface area contributed by atoms with Crippen molar-refractivity contribution in [3.8, 4) is 5.75 Å². The van der Waals surface area contributed by atoms with E-state index in [1.54, 1.807) is 19.9 Å². The van der Waals surface area contributed by atoms with Gasteiger partial charge in [0.2, 0.25) is 0 Å². The van der Waals surface area contributed by atoms with E-state index in [1.165, 1.54) is 0 Å². The quantitative estimate of drug-likeness (QED) is 0.305. The number of ether oxygens (including phenoxy) is 4. The molecule has 0 N–H and O–H groups in total. The maximum atomic E-state index is 11.5. The van der Waals surface area contributed by atoms with Gasteiger partial charge in [0.1, 0.15) is 23.3 Å². The fourth-order valence-corrected chi connectivity index (χ4v) is 1.72. The molecule has 0 bridgehead atoms. The maximum Gasteiger partial charge on any atom is 0.322 e. The number of rotatable bonds is 12. The molecule has 0 aliphatic heterocycles. The first-order chi connectivity index (χ1) is 11.4. The lowest BCUT2D eigenvalue weighted by molar-refractivity contribution is -0.147. The first kappa shape index (κ1) is 20.7. The summed E-state index contributed by atoms with van der Waals surface area (Å²) < 4.78 is 20.6. The van der Waals surface area contributed by atoms with E-state index in [2.05, 4.69) is 22.5 Å². The Morgan fingerprint density at radius 2 is 1.58 bits per heavy atom. The number of benzene rings is 1. The molecule has 1 aromatic carbocycles. The molecule has 0 spiro atoms. The lowest BCUT2D eigenvalue weighted by Crippen LogP contribution is -2.27. The Kier molecular flexibility index (Phi) is 9.67. The average Bonchev–Trinajstić information content (AvgIpc) is 2.56. The third kappa shape index (κ3) is 9.05. The second-order valence-electron chi connectivity index (χ2n) is 5.45. The predicted molar refractivity (Wildman–Crippen MR) is 97.6 cm³/mol. The SMILES string of the molecule is C=Cc1ccc(OCCOCCOCCOC(=O)C(C)(C)Br)cc1. The molecule has 134 valence electrons. The molecule has 0 saturated carbocycles. The highest BCUT2D eigenvalue weighted by Gasteiger charge is 2.25. The average molecular weight is 401 g/mol. The Morgan fingerprint density at radius 1 is 1.04 bits per heavy atom. The maximum absolute atomic E-state index is 11.5. The molecule has 0 saturated heterocycles. The van der Waals surface area contributed by atoms with Gasteiger partial charge in [-0.2, -0.15) is 0 Å². The highest BCUT2D eigenvalue weighted by Crippen LogP contribution is 2.17. The topological polar surface area (TPSA) is 54.0 Å². The third-order valence-electron chi connectivity index (χ3n) is 2.93. The fraction of sp³-hybridized carbons (Fsp3) is 0.500. The predicted octanol–water partition coefficient (Wildman–Crippen LogP) is 3.46. The van der Waals surface area contributed by atoms with Crippen molar-refractivity contribution >= 4 is 28.0 Å². The van der Waals surface area contributed by atoms with Crippen LogP contribution in [0.5, 0.6) is 5.75 Å². The van der Waals surface area contributed by atoms with Crippen LogP contribution in [0.1, 0.15) is 19.4 Å². The van der Waals surface area contributed by atoms with Crippen molar-refractivity contribution < 1.29 is 23.7 Å². The summed E-state index contributed by atoms with van der Waals surface area (Å²) in [5, 5.41) is 0. The molecular weight excluding hydrogens is 376 g/mol. The van der Waals surface area contributed by atoms with Crippen molar-refractivity contribution in [2.45, 2.75) is 18.2 Å². The van der Waals surface area contributed by atoms with Gasteiger partial charge in [-0.05, 0) is 31.5 Å². The summed E-state index contributed by atoms with van der Waals surface area (Å²) in [6.45, 7) is 9.64. The van der Waals surface area contributed by atoms with Crippen LogP contribution in [-0.4, -0.2) is 49.9 Å². The standard InChI is InChI=1S/C18H25BrO5/c1-4-15-5-7-16(8-6-15)23-13-11-21-9-10-22-12-14-24-17(20)18(2,3)19/h4-8H,1,9-14H2,2-3H3. The van der Waals surface area contributed by atoms with Crippen molar-refractivity contribution in [2.24, 2.45) is 0 Å². The Bertz CT molecular complexity index is 493. The molecule has 0 aliphatic carbocycles. The Labute approximate surface area is 152 Å². The highest BCUT2D eigenvalue weighted by molar-refractivity contribution is 9.10. The number of carbonyl (C=O) groups excluding carboxylic acids is 1. The summed E-state index contributed by atoms with van der Waals surface area (Å²) in [5.74, 6) is 0.498. The molecule has 1 rings (SSSR count). The van der Waals surface area contributed by atoms with E-state index in [0.29, 0.717) is 33.0 Å². The van der Waals surface area contributed by atoms with Gasteiger partial charge in [-0.1, -0.05) is 40.7 Å². The van der Waals surface area contributed by atoms with Crippen molar-refractivity contribution in [1.82, 2.24) is 0 Å². The molecule has 0 aromatic heterocycles. The minimum absolute atomic E-state index is 0.234. The first-order valence-corrected chi connectivity index (χ1v) is 8.59. The molecule has 0 amide bonds. The molecule has 24 heavy (non-hydrogen) atoms. The zero-order chi connectivity index (χ0) is 17.8. The zero-order valence-electron chi connectivity index (χ0n) is 14.3. The van der Waals surface area contributed by atoms with Crippen LogP contribution in [0.15, 0.2) is 30.8 Å². The van der Waals surface area contributed by atoms with Crippen molar-refractivity contribution in [3.63, 3.8) is 0 Å². The molecular formula is C18H25BrO5. The van der Waals surface area contributed by atoms with Gasteiger partial charge in [-0.3, -0.25) is 4.79 Å². The number of carbonyl (C=O) groups is 1. The summed E-state index contributed by atoms with van der Waals surface area (Å²) in [6, 6.07) is 7.69. The number of hydrogen-bond acceptors (Lipinski definition) is 5. The third-order valence-corrected chi connectivity index (χ3v) is 3.25. The summed E-state index contributed by atoms with van der Waals surface area (Å²) in [5.41, 5.74) is 1.06. The van der Waals surface area contributed by atoms with Crippen LogP contribution in [0.4, 0.5) is 0 Å². The van der Waals surface area contributed by atoms with Gasteiger partial charge < -0.3 is 18.9 Å².